The minimum atomic E-state index is -0.391. The van der Waals surface area contributed by atoms with E-state index in [1.54, 1.807) is 25.5 Å². The van der Waals surface area contributed by atoms with Crippen molar-refractivity contribution in [3.8, 4) is 5.75 Å². The van der Waals surface area contributed by atoms with E-state index in [0.29, 0.717) is 11.6 Å². The molecule has 1 aliphatic rings. The zero-order chi connectivity index (χ0) is 22.1. The van der Waals surface area contributed by atoms with Gasteiger partial charge in [0.25, 0.3) is 5.69 Å². The summed E-state index contributed by atoms with van der Waals surface area (Å²) in [5.41, 5.74) is 5.11. The van der Waals surface area contributed by atoms with Gasteiger partial charge in [0.15, 0.2) is 0 Å². The molecule has 0 aromatic heterocycles. The van der Waals surface area contributed by atoms with Gasteiger partial charge in [-0.15, -0.1) is 0 Å². The molecule has 0 saturated heterocycles. The van der Waals surface area contributed by atoms with Crippen LogP contribution in [0.4, 0.5) is 17.1 Å². The number of nitro benzene ring substituents is 1. The molecule has 0 saturated carbocycles. The zero-order valence-electron chi connectivity index (χ0n) is 18.7. The van der Waals surface area contributed by atoms with Crippen LogP contribution in [0.15, 0.2) is 35.3 Å². The fourth-order valence-electron chi connectivity index (χ4n) is 4.49. The number of aryl methyl sites for hydroxylation is 1. The summed E-state index contributed by atoms with van der Waals surface area (Å²) in [6.07, 6.45) is 3.97. The maximum Gasteiger partial charge on any atom is 0.269 e. The molecule has 6 heteroatoms. The van der Waals surface area contributed by atoms with Gasteiger partial charge in [-0.05, 0) is 62.8 Å². The van der Waals surface area contributed by atoms with E-state index in [2.05, 4.69) is 49.7 Å². The summed E-state index contributed by atoms with van der Waals surface area (Å²) in [6, 6.07) is 9.02. The van der Waals surface area contributed by atoms with Crippen LogP contribution in [0.5, 0.6) is 5.75 Å². The number of hydrogen-bond acceptors (Lipinski definition) is 5. The molecule has 160 valence electrons. The standard InChI is InChI=1S/C24H31N3O3/c1-7-10-26-22-13-23(30-6)18(12-20(22)17(3)14-24(26,4)5)15-25-21-9-8-19(27(28)29)11-16(21)2/h8-9,11-13,15,17H,7,10,14H2,1-6H3. The number of rotatable bonds is 6. The van der Waals surface area contributed by atoms with Gasteiger partial charge in [0.1, 0.15) is 5.75 Å². The number of nitro groups is 1. The van der Waals surface area contributed by atoms with Crippen LogP contribution in [0.3, 0.4) is 0 Å². The fourth-order valence-corrected chi connectivity index (χ4v) is 4.49. The number of methoxy groups -OCH3 is 1. The van der Waals surface area contributed by atoms with Gasteiger partial charge < -0.3 is 9.64 Å². The first kappa shape index (κ1) is 21.8. The van der Waals surface area contributed by atoms with Crippen LogP contribution in [0.25, 0.3) is 0 Å². The van der Waals surface area contributed by atoms with E-state index >= 15 is 0 Å². The second-order valence-corrected chi connectivity index (χ2v) is 8.71. The average Bonchev–Trinajstić information content (AvgIpc) is 2.69. The minimum absolute atomic E-state index is 0.0743. The molecule has 1 atom stereocenters. The lowest BCUT2D eigenvalue weighted by Gasteiger charge is -2.47. The Hall–Kier alpha value is -2.89. The van der Waals surface area contributed by atoms with E-state index in [1.165, 1.54) is 17.3 Å². The summed E-state index contributed by atoms with van der Waals surface area (Å²) in [6.45, 7) is 11.9. The van der Waals surface area contributed by atoms with Crippen molar-refractivity contribution in [2.24, 2.45) is 4.99 Å². The SMILES string of the molecule is CCCN1c2cc(OC)c(C=Nc3ccc([N+](=O)[O-])cc3C)cc2C(C)CC1(C)C. The molecular formula is C24H31N3O3. The zero-order valence-corrected chi connectivity index (χ0v) is 18.7. The number of nitrogens with zero attached hydrogens (tertiary/aromatic N) is 3. The molecule has 0 spiro atoms. The van der Waals surface area contributed by atoms with Crippen LogP contribution in [-0.4, -0.2) is 30.3 Å². The highest BCUT2D eigenvalue weighted by molar-refractivity contribution is 5.88. The van der Waals surface area contributed by atoms with Crippen LogP contribution < -0.4 is 9.64 Å². The van der Waals surface area contributed by atoms with Crippen molar-refractivity contribution in [3.63, 3.8) is 0 Å². The predicted octanol–water partition coefficient (Wildman–Crippen LogP) is 6.16. The number of anilines is 1. The van der Waals surface area contributed by atoms with Crippen molar-refractivity contribution in [1.82, 2.24) is 0 Å². The largest absolute Gasteiger partial charge is 0.496 e. The smallest absolute Gasteiger partial charge is 0.269 e. The third-order valence-corrected chi connectivity index (χ3v) is 5.92. The third-order valence-electron chi connectivity index (χ3n) is 5.92. The monoisotopic (exact) mass is 409 g/mol. The Kier molecular flexibility index (Phi) is 6.15. The normalized spacial score (nSPS) is 17.8. The number of aliphatic imine (C=N–C) groups is 1. The molecule has 6 nitrogen and oxygen atoms in total. The Labute approximate surface area is 178 Å². The third kappa shape index (κ3) is 4.18. The molecule has 3 rings (SSSR count). The lowest BCUT2D eigenvalue weighted by molar-refractivity contribution is -0.384. The van der Waals surface area contributed by atoms with Gasteiger partial charge in [0.2, 0.25) is 0 Å². The average molecular weight is 410 g/mol. The summed E-state index contributed by atoms with van der Waals surface area (Å²) >= 11 is 0. The quantitative estimate of drug-likeness (QED) is 0.325. The Morgan fingerprint density at radius 1 is 1.33 bits per heavy atom. The Balaban J connectivity index is 2.02. The van der Waals surface area contributed by atoms with Crippen molar-refractivity contribution < 1.29 is 9.66 Å². The first-order chi connectivity index (χ1) is 14.2. The van der Waals surface area contributed by atoms with E-state index in [9.17, 15) is 10.1 Å². The number of hydrogen-bond donors (Lipinski definition) is 0. The highest BCUT2D eigenvalue weighted by Crippen LogP contribution is 2.45. The van der Waals surface area contributed by atoms with Gasteiger partial charge in [0, 0.05) is 47.7 Å². The Morgan fingerprint density at radius 2 is 2.07 bits per heavy atom. The molecule has 1 aliphatic heterocycles. The predicted molar refractivity (Wildman–Crippen MR) is 123 cm³/mol. The number of ether oxygens (including phenoxy) is 1. The van der Waals surface area contributed by atoms with E-state index in [4.69, 9.17) is 4.74 Å². The molecule has 30 heavy (non-hydrogen) atoms. The van der Waals surface area contributed by atoms with Crippen molar-refractivity contribution in [1.29, 1.82) is 0 Å². The molecule has 0 fully saturated rings. The van der Waals surface area contributed by atoms with Gasteiger partial charge in [-0.25, -0.2) is 0 Å². The van der Waals surface area contributed by atoms with E-state index in [-0.39, 0.29) is 11.2 Å². The highest BCUT2D eigenvalue weighted by Gasteiger charge is 2.36. The molecule has 0 amide bonds. The summed E-state index contributed by atoms with van der Waals surface area (Å²) in [5, 5.41) is 11.0. The summed E-state index contributed by atoms with van der Waals surface area (Å²) in [7, 11) is 1.68. The maximum absolute atomic E-state index is 11.0. The molecule has 1 heterocycles. The number of benzene rings is 2. The molecule has 1 unspecified atom stereocenters. The number of fused-ring (bicyclic) bond motifs is 1. The van der Waals surface area contributed by atoms with Gasteiger partial charge in [-0.1, -0.05) is 13.8 Å². The summed E-state index contributed by atoms with van der Waals surface area (Å²) in [4.78, 5) is 17.7. The summed E-state index contributed by atoms with van der Waals surface area (Å²) < 4.78 is 5.70. The van der Waals surface area contributed by atoms with Crippen LogP contribution >= 0.6 is 0 Å². The number of non-ortho nitro benzene ring substituents is 1. The van der Waals surface area contributed by atoms with Crippen LogP contribution in [0.2, 0.25) is 0 Å². The van der Waals surface area contributed by atoms with E-state index in [1.807, 2.05) is 6.92 Å². The van der Waals surface area contributed by atoms with Gasteiger partial charge >= 0.3 is 0 Å². The van der Waals surface area contributed by atoms with Crippen molar-refractivity contribution in [3.05, 3.63) is 57.1 Å². The van der Waals surface area contributed by atoms with Crippen molar-refractivity contribution >= 4 is 23.3 Å². The molecule has 0 bridgehead atoms. The summed E-state index contributed by atoms with van der Waals surface area (Å²) in [5.74, 6) is 1.21. The maximum atomic E-state index is 11.0. The Morgan fingerprint density at radius 3 is 2.67 bits per heavy atom. The first-order valence-corrected chi connectivity index (χ1v) is 10.5. The van der Waals surface area contributed by atoms with Gasteiger partial charge in [0.05, 0.1) is 17.7 Å². The minimum Gasteiger partial charge on any atom is -0.496 e. The van der Waals surface area contributed by atoms with Crippen molar-refractivity contribution in [2.45, 2.75) is 58.9 Å². The molecular weight excluding hydrogens is 378 g/mol. The second kappa shape index (κ2) is 8.46. The van der Waals surface area contributed by atoms with Gasteiger partial charge in [-0.2, -0.15) is 0 Å². The first-order valence-electron chi connectivity index (χ1n) is 10.5. The lowest BCUT2D eigenvalue weighted by atomic mass is 9.79. The lowest BCUT2D eigenvalue weighted by Crippen LogP contribution is -2.48. The van der Waals surface area contributed by atoms with E-state index < -0.39 is 4.92 Å². The van der Waals surface area contributed by atoms with Gasteiger partial charge in [-0.3, -0.25) is 15.1 Å². The van der Waals surface area contributed by atoms with Crippen molar-refractivity contribution in [2.75, 3.05) is 18.6 Å². The topological polar surface area (TPSA) is 68.0 Å². The van der Waals surface area contributed by atoms with Crippen LogP contribution in [0.1, 0.15) is 63.1 Å². The fraction of sp³-hybridized carbons (Fsp3) is 0.458. The molecule has 0 N–H and O–H groups in total. The van der Waals surface area contributed by atoms with E-state index in [0.717, 1.165) is 36.3 Å². The Bertz CT molecular complexity index is 982. The molecule has 0 radical (unpaired) electrons. The molecule has 0 aliphatic carbocycles. The molecule has 2 aromatic carbocycles. The van der Waals surface area contributed by atoms with Crippen LogP contribution in [0, 0.1) is 17.0 Å². The molecule has 2 aromatic rings. The second-order valence-electron chi connectivity index (χ2n) is 8.71. The van der Waals surface area contributed by atoms with Crippen LogP contribution in [-0.2, 0) is 0 Å². The highest BCUT2D eigenvalue weighted by atomic mass is 16.6.